The Hall–Kier alpha value is -0.0800. The lowest BCUT2D eigenvalue weighted by Gasteiger charge is -2.08. The molecule has 0 aliphatic rings. The molecule has 2 nitrogen and oxygen atoms in total. The van der Waals surface area contributed by atoms with Crippen molar-refractivity contribution in [1.29, 1.82) is 0 Å². The van der Waals surface area contributed by atoms with Crippen molar-refractivity contribution in [3.63, 3.8) is 0 Å². The molecule has 0 fully saturated rings. The second-order valence-corrected chi connectivity index (χ2v) is 3.16. The van der Waals surface area contributed by atoms with Crippen molar-refractivity contribution in [3.8, 4) is 0 Å². The van der Waals surface area contributed by atoms with Gasteiger partial charge in [-0.15, -0.1) is 0 Å². The fraction of sp³-hybridized carbons (Fsp3) is 1.00. The molecule has 0 bridgehead atoms. The minimum Gasteiger partial charge on any atom is -0.318 e. The van der Waals surface area contributed by atoms with E-state index in [4.69, 9.17) is 0 Å². The van der Waals surface area contributed by atoms with Crippen molar-refractivity contribution in [1.82, 2.24) is 10.6 Å². The van der Waals surface area contributed by atoms with E-state index in [9.17, 15) is 0 Å². The SMILES string of the molecule is CCC(C)CCNCCNC. The Kier molecular flexibility index (Phi) is 7.96. The van der Waals surface area contributed by atoms with Crippen LogP contribution in [0.15, 0.2) is 0 Å². The highest BCUT2D eigenvalue weighted by Gasteiger charge is 1.96. The molecule has 68 valence electrons. The second-order valence-electron chi connectivity index (χ2n) is 3.16. The fourth-order valence-corrected chi connectivity index (χ4v) is 0.891. The first-order chi connectivity index (χ1) is 5.31. The van der Waals surface area contributed by atoms with E-state index in [2.05, 4.69) is 24.5 Å². The average Bonchev–Trinajstić information content (AvgIpc) is 2.04. The first-order valence-electron chi connectivity index (χ1n) is 4.66. The zero-order valence-corrected chi connectivity index (χ0v) is 8.11. The summed E-state index contributed by atoms with van der Waals surface area (Å²) in [6.07, 6.45) is 2.61. The molecule has 2 heteroatoms. The van der Waals surface area contributed by atoms with E-state index in [0.29, 0.717) is 0 Å². The fourth-order valence-electron chi connectivity index (χ4n) is 0.891. The average molecular weight is 158 g/mol. The summed E-state index contributed by atoms with van der Waals surface area (Å²) in [7, 11) is 1.98. The largest absolute Gasteiger partial charge is 0.318 e. The lowest BCUT2D eigenvalue weighted by molar-refractivity contribution is 0.487. The maximum Gasteiger partial charge on any atom is 0.00766 e. The molecule has 0 amide bonds. The molecule has 0 aromatic rings. The molecule has 0 heterocycles. The summed E-state index contributed by atoms with van der Waals surface area (Å²) >= 11 is 0. The predicted octanol–water partition coefficient (Wildman–Crippen LogP) is 1.23. The van der Waals surface area contributed by atoms with Gasteiger partial charge >= 0.3 is 0 Å². The number of likely N-dealkylation sites (N-methyl/N-ethyl adjacent to an activating group) is 1. The van der Waals surface area contributed by atoms with Crippen LogP contribution in [0.2, 0.25) is 0 Å². The minimum atomic E-state index is 0.872. The van der Waals surface area contributed by atoms with Gasteiger partial charge in [-0.3, -0.25) is 0 Å². The standard InChI is InChI=1S/C9H22N2/c1-4-9(2)5-6-11-8-7-10-3/h9-11H,4-8H2,1-3H3. The summed E-state index contributed by atoms with van der Waals surface area (Å²) < 4.78 is 0. The van der Waals surface area contributed by atoms with Crippen molar-refractivity contribution < 1.29 is 0 Å². The first kappa shape index (κ1) is 10.9. The molecular formula is C9H22N2. The van der Waals surface area contributed by atoms with Crippen LogP contribution in [0.25, 0.3) is 0 Å². The van der Waals surface area contributed by atoms with Crippen molar-refractivity contribution in [3.05, 3.63) is 0 Å². The van der Waals surface area contributed by atoms with E-state index in [1.807, 2.05) is 7.05 Å². The molecule has 11 heavy (non-hydrogen) atoms. The Morgan fingerprint density at radius 3 is 2.45 bits per heavy atom. The smallest absolute Gasteiger partial charge is 0.00766 e. The van der Waals surface area contributed by atoms with Crippen molar-refractivity contribution in [2.45, 2.75) is 26.7 Å². The molecule has 1 atom stereocenters. The summed E-state index contributed by atoms with van der Waals surface area (Å²) in [5, 5.41) is 6.50. The van der Waals surface area contributed by atoms with Crippen molar-refractivity contribution >= 4 is 0 Å². The van der Waals surface area contributed by atoms with Gasteiger partial charge in [0.15, 0.2) is 0 Å². The molecule has 1 unspecified atom stereocenters. The van der Waals surface area contributed by atoms with Crippen LogP contribution in [-0.4, -0.2) is 26.7 Å². The van der Waals surface area contributed by atoms with Crippen molar-refractivity contribution in [2.75, 3.05) is 26.7 Å². The molecule has 2 N–H and O–H groups in total. The summed E-state index contributed by atoms with van der Waals surface area (Å²) in [5.74, 6) is 0.872. The molecule has 0 aromatic heterocycles. The van der Waals surface area contributed by atoms with E-state index in [1.165, 1.54) is 12.8 Å². The predicted molar refractivity (Wildman–Crippen MR) is 50.9 cm³/mol. The van der Waals surface area contributed by atoms with E-state index < -0.39 is 0 Å². The first-order valence-corrected chi connectivity index (χ1v) is 4.66. The molecule has 0 aromatic carbocycles. The highest BCUT2D eigenvalue weighted by atomic mass is 14.9. The van der Waals surface area contributed by atoms with E-state index in [0.717, 1.165) is 25.6 Å². The summed E-state index contributed by atoms with van der Waals surface area (Å²) in [6.45, 7) is 7.88. The molecule has 0 spiro atoms. The van der Waals surface area contributed by atoms with Gasteiger partial charge in [-0.2, -0.15) is 0 Å². The van der Waals surface area contributed by atoms with Gasteiger partial charge in [0, 0.05) is 13.1 Å². The minimum absolute atomic E-state index is 0.872. The van der Waals surface area contributed by atoms with E-state index in [1.54, 1.807) is 0 Å². The molecule has 0 saturated carbocycles. The van der Waals surface area contributed by atoms with E-state index >= 15 is 0 Å². The van der Waals surface area contributed by atoms with Crippen LogP contribution >= 0.6 is 0 Å². The van der Waals surface area contributed by atoms with Gasteiger partial charge in [-0.05, 0) is 25.9 Å². The molecular weight excluding hydrogens is 136 g/mol. The highest BCUT2D eigenvalue weighted by Crippen LogP contribution is 2.03. The number of hydrogen-bond acceptors (Lipinski definition) is 2. The summed E-state index contributed by atoms with van der Waals surface area (Å²) in [4.78, 5) is 0. The quantitative estimate of drug-likeness (QED) is 0.545. The Morgan fingerprint density at radius 2 is 1.91 bits per heavy atom. The van der Waals surface area contributed by atoms with Gasteiger partial charge in [0.05, 0.1) is 0 Å². The van der Waals surface area contributed by atoms with Gasteiger partial charge < -0.3 is 10.6 Å². The van der Waals surface area contributed by atoms with Crippen LogP contribution in [0.1, 0.15) is 26.7 Å². The maximum absolute atomic E-state index is 3.39. The Balaban J connectivity index is 2.89. The number of hydrogen-bond donors (Lipinski definition) is 2. The monoisotopic (exact) mass is 158 g/mol. The van der Waals surface area contributed by atoms with E-state index in [-0.39, 0.29) is 0 Å². The number of nitrogens with one attached hydrogen (secondary N) is 2. The Bertz CT molecular complexity index is 74.0. The molecule has 0 aliphatic carbocycles. The number of rotatable bonds is 7. The van der Waals surface area contributed by atoms with Crippen LogP contribution in [-0.2, 0) is 0 Å². The van der Waals surface area contributed by atoms with Crippen molar-refractivity contribution in [2.24, 2.45) is 5.92 Å². The molecule has 0 radical (unpaired) electrons. The second kappa shape index (κ2) is 8.02. The maximum atomic E-state index is 3.39. The molecule has 0 aliphatic heterocycles. The third-order valence-corrected chi connectivity index (χ3v) is 2.06. The normalized spacial score (nSPS) is 13.4. The zero-order valence-electron chi connectivity index (χ0n) is 8.11. The lowest BCUT2D eigenvalue weighted by Crippen LogP contribution is -2.26. The summed E-state index contributed by atoms with van der Waals surface area (Å²) in [6, 6.07) is 0. The summed E-state index contributed by atoms with van der Waals surface area (Å²) in [5.41, 5.74) is 0. The van der Waals surface area contributed by atoms with Crippen LogP contribution in [0, 0.1) is 5.92 Å². The van der Waals surface area contributed by atoms with Gasteiger partial charge in [-0.25, -0.2) is 0 Å². The van der Waals surface area contributed by atoms with Crippen LogP contribution in [0.5, 0.6) is 0 Å². The van der Waals surface area contributed by atoms with Crippen LogP contribution in [0.4, 0.5) is 0 Å². The van der Waals surface area contributed by atoms with Gasteiger partial charge in [-0.1, -0.05) is 20.3 Å². The van der Waals surface area contributed by atoms with Gasteiger partial charge in [0.1, 0.15) is 0 Å². The Morgan fingerprint density at radius 1 is 1.18 bits per heavy atom. The Labute approximate surface area is 70.8 Å². The highest BCUT2D eigenvalue weighted by molar-refractivity contribution is 4.54. The van der Waals surface area contributed by atoms with Gasteiger partial charge in [0.25, 0.3) is 0 Å². The topological polar surface area (TPSA) is 24.1 Å². The van der Waals surface area contributed by atoms with Gasteiger partial charge in [0.2, 0.25) is 0 Å². The third-order valence-electron chi connectivity index (χ3n) is 2.06. The van der Waals surface area contributed by atoms with Crippen LogP contribution in [0.3, 0.4) is 0 Å². The third kappa shape index (κ3) is 7.82. The zero-order chi connectivity index (χ0) is 8.53. The lowest BCUT2D eigenvalue weighted by atomic mass is 10.1. The van der Waals surface area contributed by atoms with Crippen LogP contribution < -0.4 is 10.6 Å². The molecule has 0 rings (SSSR count). The molecule has 0 saturated heterocycles.